The van der Waals surface area contributed by atoms with Crippen molar-refractivity contribution in [1.29, 1.82) is 0 Å². The molecule has 0 saturated carbocycles. The molecule has 1 aromatic rings. The van der Waals surface area contributed by atoms with Crippen LogP contribution in [0.2, 0.25) is 0 Å². The van der Waals surface area contributed by atoms with E-state index in [2.05, 4.69) is 11.9 Å². The van der Waals surface area contributed by atoms with E-state index in [0.717, 1.165) is 31.5 Å². The minimum atomic E-state index is -0.715. The van der Waals surface area contributed by atoms with Crippen LogP contribution in [0.1, 0.15) is 30.9 Å². The van der Waals surface area contributed by atoms with Crippen LogP contribution in [0.3, 0.4) is 0 Å². The van der Waals surface area contributed by atoms with E-state index in [0.29, 0.717) is 0 Å². The fourth-order valence-corrected chi connectivity index (χ4v) is 2.76. The number of piperidine rings is 1. The molecule has 1 aliphatic rings. The maximum absolute atomic E-state index is 12.3. The second-order valence-electron chi connectivity index (χ2n) is 5.69. The largest absolute Gasteiger partial charge is 0.388 e. The lowest BCUT2D eigenvalue weighted by Crippen LogP contribution is -2.47. The van der Waals surface area contributed by atoms with Gasteiger partial charge in [-0.15, -0.1) is 0 Å². The van der Waals surface area contributed by atoms with Crippen molar-refractivity contribution in [1.82, 2.24) is 9.80 Å². The Labute approximate surface area is 121 Å². The second-order valence-corrected chi connectivity index (χ2v) is 5.69. The lowest BCUT2D eigenvalue weighted by molar-refractivity contribution is -0.135. The zero-order valence-corrected chi connectivity index (χ0v) is 12.3. The van der Waals surface area contributed by atoms with E-state index in [1.54, 1.807) is 0 Å². The summed E-state index contributed by atoms with van der Waals surface area (Å²) < 4.78 is 0. The maximum atomic E-state index is 12.3. The van der Waals surface area contributed by atoms with Crippen LogP contribution in [0.4, 0.5) is 0 Å². The molecular formula is C16H24N2O2. The van der Waals surface area contributed by atoms with Crippen molar-refractivity contribution in [2.24, 2.45) is 0 Å². The molecule has 1 N–H and O–H groups in total. The van der Waals surface area contributed by atoms with Gasteiger partial charge in [0.05, 0.1) is 12.5 Å². The van der Waals surface area contributed by atoms with Crippen LogP contribution in [-0.4, -0.2) is 54.0 Å². The number of aliphatic hydroxyl groups is 1. The van der Waals surface area contributed by atoms with E-state index in [4.69, 9.17) is 0 Å². The standard InChI is InChI=1S/C16H24N2O2/c1-17-10-6-9-14(12-17)18(2)16(20)11-15(19)13-7-4-3-5-8-13/h3-5,7-8,14-15,19H,6,9-12H2,1-2H3. The fraction of sp³-hybridized carbons (Fsp3) is 0.562. The smallest absolute Gasteiger partial charge is 0.225 e. The maximum Gasteiger partial charge on any atom is 0.225 e. The molecule has 4 nitrogen and oxygen atoms in total. The van der Waals surface area contributed by atoms with Gasteiger partial charge in [-0.25, -0.2) is 0 Å². The highest BCUT2D eigenvalue weighted by Crippen LogP contribution is 2.19. The second kappa shape index (κ2) is 6.86. The van der Waals surface area contributed by atoms with Crippen LogP contribution >= 0.6 is 0 Å². The first kappa shape index (κ1) is 15.0. The number of aliphatic hydroxyl groups excluding tert-OH is 1. The van der Waals surface area contributed by atoms with Gasteiger partial charge < -0.3 is 14.9 Å². The highest BCUT2D eigenvalue weighted by atomic mass is 16.3. The molecule has 0 spiro atoms. The van der Waals surface area contributed by atoms with E-state index in [1.807, 2.05) is 42.3 Å². The Hall–Kier alpha value is -1.39. The Morgan fingerprint density at radius 2 is 2.15 bits per heavy atom. The van der Waals surface area contributed by atoms with Gasteiger partial charge in [-0.3, -0.25) is 4.79 Å². The molecule has 2 rings (SSSR count). The van der Waals surface area contributed by atoms with Crippen LogP contribution in [0.15, 0.2) is 30.3 Å². The van der Waals surface area contributed by atoms with Gasteiger partial charge in [0, 0.05) is 19.6 Å². The van der Waals surface area contributed by atoms with Crippen molar-refractivity contribution in [3.05, 3.63) is 35.9 Å². The number of hydrogen-bond donors (Lipinski definition) is 1. The fourth-order valence-electron chi connectivity index (χ4n) is 2.76. The minimum Gasteiger partial charge on any atom is -0.388 e. The predicted octanol–water partition coefficient (Wildman–Crippen LogP) is 1.66. The summed E-state index contributed by atoms with van der Waals surface area (Å²) >= 11 is 0. The molecule has 0 aliphatic carbocycles. The Balaban J connectivity index is 1.90. The molecule has 2 atom stereocenters. The summed E-state index contributed by atoms with van der Waals surface area (Å²) in [6.45, 7) is 2.02. The SMILES string of the molecule is CN1CCCC(N(C)C(=O)CC(O)c2ccccc2)C1. The van der Waals surface area contributed by atoms with E-state index in [9.17, 15) is 9.90 Å². The number of carbonyl (C=O) groups excluding carboxylic acids is 1. The number of benzene rings is 1. The third-order valence-corrected chi connectivity index (χ3v) is 4.09. The summed E-state index contributed by atoms with van der Waals surface area (Å²) in [6, 6.07) is 9.64. The third kappa shape index (κ3) is 3.81. The molecule has 1 heterocycles. The number of amides is 1. The summed E-state index contributed by atoms with van der Waals surface area (Å²) in [5, 5.41) is 10.1. The molecule has 4 heteroatoms. The lowest BCUT2D eigenvalue weighted by Gasteiger charge is -2.36. The van der Waals surface area contributed by atoms with Gasteiger partial charge in [-0.2, -0.15) is 0 Å². The highest BCUT2D eigenvalue weighted by molar-refractivity contribution is 5.77. The van der Waals surface area contributed by atoms with Crippen LogP contribution < -0.4 is 0 Å². The molecule has 0 aromatic heterocycles. The van der Waals surface area contributed by atoms with Gasteiger partial charge in [0.25, 0.3) is 0 Å². The molecule has 1 fully saturated rings. The predicted molar refractivity (Wildman–Crippen MR) is 79.3 cm³/mol. The number of likely N-dealkylation sites (N-methyl/N-ethyl adjacent to an activating group) is 2. The normalized spacial score (nSPS) is 21.4. The summed E-state index contributed by atoms with van der Waals surface area (Å²) in [5.74, 6) is 0.0154. The number of likely N-dealkylation sites (tertiary alicyclic amines) is 1. The Morgan fingerprint density at radius 1 is 1.45 bits per heavy atom. The van der Waals surface area contributed by atoms with Crippen molar-refractivity contribution >= 4 is 5.91 Å². The van der Waals surface area contributed by atoms with Crippen LogP contribution in [0.5, 0.6) is 0 Å². The van der Waals surface area contributed by atoms with Gasteiger partial charge >= 0.3 is 0 Å². The quantitative estimate of drug-likeness (QED) is 0.909. The van der Waals surface area contributed by atoms with Crippen molar-refractivity contribution in [2.75, 3.05) is 27.2 Å². The molecule has 1 amide bonds. The Morgan fingerprint density at radius 3 is 2.80 bits per heavy atom. The number of carbonyl (C=O) groups is 1. The molecule has 1 aliphatic heterocycles. The van der Waals surface area contributed by atoms with E-state index in [-0.39, 0.29) is 18.4 Å². The van der Waals surface area contributed by atoms with Crippen molar-refractivity contribution in [2.45, 2.75) is 31.4 Å². The van der Waals surface area contributed by atoms with Gasteiger partial charge in [-0.05, 0) is 32.0 Å². The van der Waals surface area contributed by atoms with Gasteiger partial charge in [0.15, 0.2) is 0 Å². The Bertz CT molecular complexity index is 435. The zero-order valence-electron chi connectivity index (χ0n) is 12.3. The topological polar surface area (TPSA) is 43.8 Å². The summed E-state index contributed by atoms with van der Waals surface area (Å²) in [4.78, 5) is 16.3. The van der Waals surface area contributed by atoms with Crippen molar-refractivity contribution < 1.29 is 9.90 Å². The monoisotopic (exact) mass is 276 g/mol. The first-order valence-electron chi connectivity index (χ1n) is 7.25. The van der Waals surface area contributed by atoms with Gasteiger partial charge in [0.1, 0.15) is 0 Å². The van der Waals surface area contributed by atoms with Gasteiger partial charge in [0.2, 0.25) is 5.91 Å². The number of rotatable bonds is 4. The first-order chi connectivity index (χ1) is 9.58. The highest BCUT2D eigenvalue weighted by Gasteiger charge is 2.25. The molecule has 20 heavy (non-hydrogen) atoms. The van der Waals surface area contributed by atoms with Crippen LogP contribution in [0.25, 0.3) is 0 Å². The average Bonchev–Trinajstić information content (AvgIpc) is 2.47. The van der Waals surface area contributed by atoms with Crippen molar-refractivity contribution in [3.63, 3.8) is 0 Å². The Kier molecular flexibility index (Phi) is 5.15. The van der Waals surface area contributed by atoms with E-state index >= 15 is 0 Å². The zero-order chi connectivity index (χ0) is 14.5. The van der Waals surface area contributed by atoms with Crippen LogP contribution in [-0.2, 0) is 4.79 Å². The van der Waals surface area contributed by atoms with E-state index < -0.39 is 6.10 Å². The molecular weight excluding hydrogens is 252 g/mol. The number of nitrogens with zero attached hydrogens (tertiary/aromatic N) is 2. The summed E-state index contributed by atoms with van der Waals surface area (Å²) in [6.07, 6.45) is 1.61. The average molecular weight is 276 g/mol. The number of hydrogen-bond acceptors (Lipinski definition) is 3. The molecule has 0 radical (unpaired) electrons. The van der Waals surface area contributed by atoms with E-state index in [1.165, 1.54) is 0 Å². The molecule has 110 valence electrons. The van der Waals surface area contributed by atoms with Crippen molar-refractivity contribution in [3.8, 4) is 0 Å². The molecule has 0 bridgehead atoms. The summed E-state index contributed by atoms with van der Waals surface area (Å²) in [7, 11) is 3.94. The lowest BCUT2D eigenvalue weighted by atomic mass is 10.0. The van der Waals surface area contributed by atoms with Crippen LogP contribution in [0, 0.1) is 0 Å². The molecule has 2 unspecified atom stereocenters. The first-order valence-corrected chi connectivity index (χ1v) is 7.25. The summed E-state index contributed by atoms with van der Waals surface area (Å²) in [5.41, 5.74) is 0.801. The molecule has 1 saturated heterocycles. The third-order valence-electron chi connectivity index (χ3n) is 4.09. The van der Waals surface area contributed by atoms with Gasteiger partial charge in [-0.1, -0.05) is 30.3 Å². The minimum absolute atomic E-state index is 0.0154. The molecule has 1 aromatic carbocycles.